The first-order valence-electron chi connectivity index (χ1n) is 5.61. The molecule has 0 unspecified atom stereocenters. The summed E-state index contributed by atoms with van der Waals surface area (Å²) in [6, 6.07) is 4.15. The Morgan fingerprint density at radius 2 is 1.95 bits per heavy atom. The molecule has 0 spiro atoms. The van der Waals surface area contributed by atoms with Crippen molar-refractivity contribution in [3.05, 3.63) is 27.7 Å². The number of carboxylic acids is 1. The number of nitrogens with zero attached hydrogens (tertiary/aromatic N) is 1. The predicted molar refractivity (Wildman–Crippen MR) is 74.9 cm³/mol. The van der Waals surface area contributed by atoms with Gasteiger partial charge in [0.25, 0.3) is 0 Å². The molecule has 108 valence electrons. The molecular formula is C12H11Cl2NO4S. The molecule has 20 heavy (non-hydrogen) atoms. The van der Waals surface area contributed by atoms with Gasteiger partial charge >= 0.3 is 5.97 Å². The van der Waals surface area contributed by atoms with Crippen LogP contribution in [-0.4, -0.2) is 25.2 Å². The van der Waals surface area contributed by atoms with E-state index in [4.69, 9.17) is 33.6 Å². The Kier molecular flexibility index (Phi) is 5.81. The molecule has 1 rings (SSSR count). The first kappa shape index (κ1) is 16.8. The van der Waals surface area contributed by atoms with E-state index in [0.717, 1.165) is 12.1 Å². The van der Waals surface area contributed by atoms with Gasteiger partial charge < -0.3 is 5.11 Å². The minimum atomic E-state index is -3.74. The summed E-state index contributed by atoms with van der Waals surface area (Å²) in [6.07, 6.45) is 1.00. The lowest BCUT2D eigenvalue weighted by Gasteiger charge is -2.09. The van der Waals surface area contributed by atoms with Gasteiger partial charge in [0.15, 0.2) is 9.84 Å². The van der Waals surface area contributed by atoms with Crippen LogP contribution in [-0.2, 0) is 9.84 Å². The third-order valence-corrected chi connectivity index (χ3v) is 5.08. The second-order valence-corrected chi connectivity index (χ2v) is 6.90. The third-order valence-electron chi connectivity index (χ3n) is 2.52. The Morgan fingerprint density at radius 1 is 1.30 bits per heavy atom. The Balaban J connectivity index is 3.12. The van der Waals surface area contributed by atoms with E-state index in [2.05, 4.69) is 0 Å². The first-order valence-corrected chi connectivity index (χ1v) is 8.02. The van der Waals surface area contributed by atoms with Crippen LogP contribution in [0.2, 0.25) is 10.0 Å². The van der Waals surface area contributed by atoms with Gasteiger partial charge in [0.1, 0.15) is 0 Å². The molecule has 8 heteroatoms. The van der Waals surface area contributed by atoms with Gasteiger partial charge in [-0.25, -0.2) is 13.2 Å². The van der Waals surface area contributed by atoms with Crippen molar-refractivity contribution in [2.24, 2.45) is 0 Å². The summed E-state index contributed by atoms with van der Waals surface area (Å²) in [7, 11) is -3.74. The van der Waals surface area contributed by atoms with Crippen molar-refractivity contribution >= 4 is 39.0 Å². The number of aromatic carboxylic acids is 1. The summed E-state index contributed by atoms with van der Waals surface area (Å²) in [5.74, 6) is -1.56. The van der Waals surface area contributed by atoms with Gasteiger partial charge in [0, 0.05) is 11.4 Å². The molecule has 0 radical (unpaired) electrons. The Bertz CT molecular complexity index is 665. The molecule has 1 aromatic carbocycles. The maximum absolute atomic E-state index is 12.1. The lowest BCUT2D eigenvalue weighted by atomic mass is 10.2. The summed E-state index contributed by atoms with van der Waals surface area (Å²) in [6.45, 7) is 0. The normalized spacial score (nSPS) is 11.1. The molecule has 0 heterocycles. The van der Waals surface area contributed by atoms with Crippen LogP contribution in [0.3, 0.4) is 0 Å². The van der Waals surface area contributed by atoms with E-state index >= 15 is 0 Å². The summed E-state index contributed by atoms with van der Waals surface area (Å²) in [4.78, 5) is 10.7. The van der Waals surface area contributed by atoms with Crippen molar-refractivity contribution in [2.45, 2.75) is 24.2 Å². The fourth-order valence-corrected chi connectivity index (χ4v) is 3.87. The SMILES string of the molecule is N#CCCCCS(=O)(=O)c1cc(Cl)cc(C(=O)O)c1Cl. The number of sulfone groups is 1. The third kappa shape index (κ3) is 4.10. The van der Waals surface area contributed by atoms with Gasteiger partial charge in [-0.3, -0.25) is 0 Å². The minimum Gasteiger partial charge on any atom is -0.478 e. The molecule has 5 nitrogen and oxygen atoms in total. The molecule has 0 saturated carbocycles. The number of hydrogen-bond acceptors (Lipinski definition) is 4. The van der Waals surface area contributed by atoms with Crippen molar-refractivity contribution in [3.63, 3.8) is 0 Å². The van der Waals surface area contributed by atoms with Crippen LogP contribution in [0.5, 0.6) is 0 Å². The largest absolute Gasteiger partial charge is 0.478 e. The number of carboxylic acid groups (broad SMARTS) is 1. The van der Waals surface area contributed by atoms with Gasteiger partial charge in [-0.05, 0) is 25.0 Å². The van der Waals surface area contributed by atoms with Gasteiger partial charge in [-0.1, -0.05) is 23.2 Å². The van der Waals surface area contributed by atoms with E-state index < -0.39 is 15.8 Å². The van der Waals surface area contributed by atoms with Crippen molar-refractivity contribution in [1.82, 2.24) is 0 Å². The van der Waals surface area contributed by atoms with Crippen molar-refractivity contribution in [1.29, 1.82) is 5.26 Å². The molecule has 1 N–H and O–H groups in total. The highest BCUT2D eigenvalue weighted by atomic mass is 35.5. The highest BCUT2D eigenvalue weighted by Gasteiger charge is 2.23. The lowest BCUT2D eigenvalue weighted by Crippen LogP contribution is -2.10. The summed E-state index contributed by atoms with van der Waals surface area (Å²) < 4.78 is 24.2. The van der Waals surface area contributed by atoms with E-state index in [1.807, 2.05) is 6.07 Å². The fourth-order valence-electron chi connectivity index (χ4n) is 1.55. The molecule has 0 aliphatic rings. The fraction of sp³-hybridized carbons (Fsp3) is 0.333. The van der Waals surface area contributed by atoms with Crippen LogP contribution >= 0.6 is 23.2 Å². The monoisotopic (exact) mass is 335 g/mol. The topological polar surface area (TPSA) is 95.2 Å². The maximum atomic E-state index is 12.1. The maximum Gasteiger partial charge on any atom is 0.337 e. The van der Waals surface area contributed by atoms with Gasteiger partial charge in [-0.2, -0.15) is 5.26 Å². The molecular weight excluding hydrogens is 325 g/mol. The first-order chi connectivity index (χ1) is 9.29. The summed E-state index contributed by atoms with van der Waals surface area (Å²) >= 11 is 11.6. The van der Waals surface area contributed by atoms with Crippen molar-refractivity contribution in [3.8, 4) is 6.07 Å². The standard InChI is InChI=1S/C12H11Cl2NO4S/c13-8-6-9(12(16)17)11(14)10(7-8)20(18,19)5-3-1-2-4-15/h6-7H,1-3,5H2,(H,16,17). The summed E-state index contributed by atoms with van der Waals surface area (Å²) in [5.41, 5.74) is -0.352. The number of rotatable bonds is 6. The molecule has 0 bridgehead atoms. The van der Waals surface area contributed by atoms with Gasteiger partial charge in [0.05, 0.1) is 27.3 Å². The molecule has 0 fully saturated rings. The van der Waals surface area contributed by atoms with Crippen LogP contribution in [0.25, 0.3) is 0 Å². The molecule has 1 aromatic rings. The Hall–Kier alpha value is -1.29. The van der Waals surface area contributed by atoms with Crippen molar-refractivity contribution < 1.29 is 18.3 Å². The number of unbranched alkanes of at least 4 members (excludes halogenated alkanes) is 2. The van der Waals surface area contributed by atoms with Gasteiger partial charge in [0.2, 0.25) is 0 Å². The predicted octanol–water partition coefficient (Wildman–Crippen LogP) is 3.16. The Labute approximate surface area is 126 Å². The quantitative estimate of drug-likeness (QED) is 0.805. The highest BCUT2D eigenvalue weighted by molar-refractivity contribution is 7.91. The van der Waals surface area contributed by atoms with Crippen molar-refractivity contribution in [2.75, 3.05) is 5.75 Å². The number of nitriles is 1. The zero-order chi connectivity index (χ0) is 15.3. The number of hydrogen-bond donors (Lipinski definition) is 1. The molecule has 0 aromatic heterocycles. The summed E-state index contributed by atoms with van der Waals surface area (Å²) in [5, 5.41) is 17.0. The van der Waals surface area contributed by atoms with E-state index in [1.165, 1.54) is 0 Å². The smallest absolute Gasteiger partial charge is 0.337 e. The zero-order valence-electron chi connectivity index (χ0n) is 10.3. The lowest BCUT2D eigenvalue weighted by molar-refractivity contribution is 0.0697. The molecule has 0 aliphatic carbocycles. The van der Waals surface area contributed by atoms with Crippen LogP contribution in [0.1, 0.15) is 29.6 Å². The molecule has 0 saturated heterocycles. The average Bonchev–Trinajstić information content (AvgIpc) is 2.36. The number of benzene rings is 1. The average molecular weight is 336 g/mol. The van der Waals surface area contributed by atoms with Crippen LogP contribution < -0.4 is 0 Å². The van der Waals surface area contributed by atoms with E-state index in [-0.39, 0.29) is 32.7 Å². The second kappa shape index (κ2) is 6.93. The van der Waals surface area contributed by atoms with Crippen LogP contribution in [0, 0.1) is 11.3 Å². The molecule has 0 aliphatic heterocycles. The minimum absolute atomic E-state index is 0.0117. The second-order valence-electron chi connectivity index (χ2n) is 4.00. The Morgan fingerprint density at radius 3 is 2.50 bits per heavy atom. The van der Waals surface area contributed by atoms with E-state index in [0.29, 0.717) is 12.8 Å². The van der Waals surface area contributed by atoms with Crippen LogP contribution in [0.4, 0.5) is 0 Å². The van der Waals surface area contributed by atoms with Crippen LogP contribution in [0.15, 0.2) is 17.0 Å². The molecule has 0 amide bonds. The van der Waals surface area contributed by atoms with E-state index in [1.54, 1.807) is 0 Å². The van der Waals surface area contributed by atoms with Gasteiger partial charge in [-0.15, -0.1) is 0 Å². The molecule has 0 atom stereocenters. The van der Waals surface area contributed by atoms with E-state index in [9.17, 15) is 13.2 Å². The number of carbonyl (C=O) groups is 1. The highest BCUT2D eigenvalue weighted by Crippen LogP contribution is 2.30. The number of halogens is 2. The zero-order valence-corrected chi connectivity index (χ0v) is 12.6.